The summed E-state index contributed by atoms with van der Waals surface area (Å²) in [5, 5.41) is 9.99. The Kier molecular flexibility index (Phi) is 3.08. The molecule has 4 heteroatoms. The zero-order valence-corrected chi connectivity index (χ0v) is 7.98. The van der Waals surface area contributed by atoms with Crippen LogP contribution in [0.1, 0.15) is 12.7 Å². The molecule has 74 valence electrons. The second-order valence-electron chi connectivity index (χ2n) is 2.93. The summed E-state index contributed by atoms with van der Waals surface area (Å²) in [4.78, 5) is 0. The molecule has 0 fully saturated rings. The van der Waals surface area contributed by atoms with Gasteiger partial charge in [-0.25, -0.2) is 0 Å². The highest BCUT2D eigenvalue weighted by Crippen LogP contribution is 2.26. The molecule has 0 aliphatic rings. The van der Waals surface area contributed by atoms with Gasteiger partial charge in [-0.3, -0.25) is 0 Å². The van der Waals surface area contributed by atoms with Crippen molar-refractivity contribution in [2.75, 3.05) is 14.2 Å². The molecular formula is C9H14O4. The van der Waals surface area contributed by atoms with Crippen molar-refractivity contribution in [3.8, 4) is 0 Å². The van der Waals surface area contributed by atoms with Crippen LogP contribution in [0.15, 0.2) is 22.8 Å². The Morgan fingerprint density at radius 2 is 2.08 bits per heavy atom. The largest absolute Gasteiger partial charge is 0.466 e. The first-order chi connectivity index (χ1) is 6.12. The Labute approximate surface area is 77.1 Å². The van der Waals surface area contributed by atoms with Crippen LogP contribution >= 0.6 is 0 Å². The van der Waals surface area contributed by atoms with Crippen molar-refractivity contribution in [1.29, 1.82) is 0 Å². The second kappa shape index (κ2) is 3.91. The fraction of sp³-hybridized carbons (Fsp3) is 0.556. The monoisotopic (exact) mass is 186 g/mol. The average Bonchev–Trinajstić information content (AvgIpc) is 2.58. The molecule has 0 bridgehead atoms. The molecule has 13 heavy (non-hydrogen) atoms. The Balaban J connectivity index is 2.86. The number of hydrogen-bond acceptors (Lipinski definition) is 4. The zero-order chi connectivity index (χ0) is 9.90. The Morgan fingerprint density at radius 3 is 2.46 bits per heavy atom. The molecular weight excluding hydrogens is 172 g/mol. The molecule has 0 saturated heterocycles. The number of aliphatic hydroxyl groups is 1. The van der Waals surface area contributed by atoms with E-state index < -0.39 is 11.9 Å². The Bertz CT molecular complexity index is 236. The molecule has 1 atom stereocenters. The number of rotatable bonds is 4. The van der Waals surface area contributed by atoms with Gasteiger partial charge in [0.2, 0.25) is 0 Å². The third-order valence-corrected chi connectivity index (χ3v) is 1.91. The minimum absolute atomic E-state index is 0.418. The fourth-order valence-electron chi connectivity index (χ4n) is 1.24. The zero-order valence-electron chi connectivity index (χ0n) is 7.98. The van der Waals surface area contributed by atoms with Crippen LogP contribution in [0.5, 0.6) is 0 Å². The van der Waals surface area contributed by atoms with Gasteiger partial charge in [0.05, 0.1) is 6.26 Å². The van der Waals surface area contributed by atoms with Crippen molar-refractivity contribution in [2.24, 2.45) is 0 Å². The summed E-state index contributed by atoms with van der Waals surface area (Å²) < 4.78 is 15.0. The first-order valence-corrected chi connectivity index (χ1v) is 3.95. The molecule has 1 aromatic rings. The first-order valence-electron chi connectivity index (χ1n) is 3.95. The molecule has 0 aliphatic carbocycles. The molecule has 4 nitrogen and oxygen atoms in total. The van der Waals surface area contributed by atoms with Gasteiger partial charge in [-0.05, 0) is 19.1 Å². The van der Waals surface area contributed by atoms with Crippen LogP contribution in [0.4, 0.5) is 0 Å². The second-order valence-corrected chi connectivity index (χ2v) is 2.93. The van der Waals surface area contributed by atoms with E-state index >= 15 is 0 Å². The van der Waals surface area contributed by atoms with Crippen LogP contribution in [0.3, 0.4) is 0 Å². The van der Waals surface area contributed by atoms with Crippen molar-refractivity contribution in [3.05, 3.63) is 24.2 Å². The van der Waals surface area contributed by atoms with Crippen LogP contribution in [-0.2, 0) is 15.1 Å². The maximum atomic E-state index is 9.99. The van der Waals surface area contributed by atoms with Gasteiger partial charge in [-0.15, -0.1) is 0 Å². The number of ether oxygens (including phenoxy) is 2. The van der Waals surface area contributed by atoms with Crippen LogP contribution < -0.4 is 0 Å². The highest BCUT2D eigenvalue weighted by atomic mass is 16.7. The highest BCUT2D eigenvalue weighted by molar-refractivity contribution is 5.08. The minimum atomic E-state index is -1.27. The number of hydrogen-bond donors (Lipinski definition) is 1. The first kappa shape index (κ1) is 10.2. The quantitative estimate of drug-likeness (QED) is 0.715. The molecule has 0 saturated carbocycles. The predicted octanol–water partition coefficient (Wildman–Crippen LogP) is 1.11. The minimum Gasteiger partial charge on any atom is -0.466 e. The summed E-state index contributed by atoms with van der Waals surface area (Å²) in [5.41, 5.74) is -1.27. The molecule has 1 unspecified atom stereocenters. The third-order valence-electron chi connectivity index (χ3n) is 1.91. The van der Waals surface area contributed by atoms with E-state index in [1.54, 1.807) is 19.1 Å². The van der Waals surface area contributed by atoms with Gasteiger partial charge in [0.1, 0.15) is 5.76 Å². The molecule has 0 radical (unpaired) electrons. The average molecular weight is 186 g/mol. The lowest BCUT2D eigenvalue weighted by Crippen LogP contribution is -2.38. The summed E-state index contributed by atoms with van der Waals surface area (Å²) in [7, 11) is 2.93. The van der Waals surface area contributed by atoms with Gasteiger partial charge < -0.3 is 19.0 Å². The summed E-state index contributed by atoms with van der Waals surface area (Å²) in [5.74, 6) is 0.418. The lowest BCUT2D eigenvalue weighted by atomic mass is 10.0. The summed E-state index contributed by atoms with van der Waals surface area (Å²) in [6.07, 6.45) is 0.755. The molecule has 0 aromatic carbocycles. The number of furan rings is 1. The van der Waals surface area contributed by atoms with Crippen LogP contribution in [0, 0.1) is 0 Å². The van der Waals surface area contributed by atoms with Crippen molar-refractivity contribution in [2.45, 2.75) is 18.8 Å². The van der Waals surface area contributed by atoms with Crippen molar-refractivity contribution < 1.29 is 19.0 Å². The highest BCUT2D eigenvalue weighted by Gasteiger charge is 2.36. The summed E-state index contributed by atoms with van der Waals surface area (Å²) in [6.45, 7) is 1.57. The van der Waals surface area contributed by atoms with E-state index in [9.17, 15) is 5.11 Å². The van der Waals surface area contributed by atoms with E-state index in [0.29, 0.717) is 5.76 Å². The maximum absolute atomic E-state index is 9.99. The summed E-state index contributed by atoms with van der Waals surface area (Å²) >= 11 is 0. The predicted molar refractivity (Wildman–Crippen MR) is 46.1 cm³/mol. The third kappa shape index (κ3) is 1.91. The van der Waals surface area contributed by atoms with Gasteiger partial charge in [-0.2, -0.15) is 0 Å². The molecule has 0 aliphatic heterocycles. The van der Waals surface area contributed by atoms with Crippen LogP contribution in [-0.4, -0.2) is 25.6 Å². The molecule has 1 heterocycles. The standard InChI is InChI=1S/C9H14O4/c1-9(10,8(11-2)12-3)7-5-4-6-13-7/h4-6,8,10H,1-3H3. The SMILES string of the molecule is COC(OC)C(C)(O)c1ccco1. The maximum Gasteiger partial charge on any atom is 0.192 e. The topological polar surface area (TPSA) is 51.8 Å². The van der Waals surface area contributed by atoms with Gasteiger partial charge in [0, 0.05) is 14.2 Å². The molecule has 1 aromatic heterocycles. The van der Waals surface area contributed by atoms with E-state index in [-0.39, 0.29) is 0 Å². The molecule has 1 N–H and O–H groups in total. The van der Waals surface area contributed by atoms with Gasteiger partial charge >= 0.3 is 0 Å². The van der Waals surface area contributed by atoms with Crippen molar-refractivity contribution in [1.82, 2.24) is 0 Å². The summed E-state index contributed by atoms with van der Waals surface area (Å²) in [6, 6.07) is 3.37. The number of methoxy groups -OCH3 is 2. The van der Waals surface area contributed by atoms with Gasteiger partial charge in [0.15, 0.2) is 11.9 Å². The lowest BCUT2D eigenvalue weighted by molar-refractivity contribution is -0.219. The van der Waals surface area contributed by atoms with Crippen molar-refractivity contribution >= 4 is 0 Å². The lowest BCUT2D eigenvalue weighted by Gasteiger charge is -2.28. The Morgan fingerprint density at radius 1 is 1.46 bits per heavy atom. The van der Waals surface area contributed by atoms with Gasteiger partial charge in [-0.1, -0.05) is 0 Å². The van der Waals surface area contributed by atoms with Gasteiger partial charge in [0.25, 0.3) is 0 Å². The fourth-order valence-corrected chi connectivity index (χ4v) is 1.24. The smallest absolute Gasteiger partial charge is 0.192 e. The van der Waals surface area contributed by atoms with E-state index in [1.807, 2.05) is 0 Å². The van der Waals surface area contributed by atoms with Crippen molar-refractivity contribution in [3.63, 3.8) is 0 Å². The van der Waals surface area contributed by atoms with Crippen LogP contribution in [0.25, 0.3) is 0 Å². The van der Waals surface area contributed by atoms with E-state index in [1.165, 1.54) is 20.5 Å². The Hall–Kier alpha value is -0.840. The van der Waals surface area contributed by atoms with Crippen LogP contribution in [0.2, 0.25) is 0 Å². The van der Waals surface area contributed by atoms with E-state index in [4.69, 9.17) is 13.9 Å². The van der Waals surface area contributed by atoms with E-state index in [0.717, 1.165) is 0 Å². The molecule has 1 rings (SSSR count). The normalized spacial score (nSPS) is 16.1. The molecule has 0 amide bonds. The molecule has 0 spiro atoms. The van der Waals surface area contributed by atoms with E-state index in [2.05, 4.69) is 0 Å².